The number of carbonyl (C=O) groups is 5. The third-order valence-electron chi connectivity index (χ3n) is 7.81. The van der Waals surface area contributed by atoms with Crippen LogP contribution in [0.1, 0.15) is 36.8 Å². The zero-order valence-electron chi connectivity index (χ0n) is 26.7. The van der Waals surface area contributed by atoms with Crippen LogP contribution in [0.5, 0.6) is 5.75 Å². The maximum atomic E-state index is 13.6. The summed E-state index contributed by atoms with van der Waals surface area (Å²) in [6.07, 6.45) is 1.33. The number of primary amides is 1. The van der Waals surface area contributed by atoms with Gasteiger partial charge in [0.15, 0.2) is 5.96 Å². The van der Waals surface area contributed by atoms with E-state index in [0.29, 0.717) is 30.4 Å². The second-order valence-electron chi connectivity index (χ2n) is 11.5. The first-order chi connectivity index (χ1) is 23.2. The Labute approximate surface area is 281 Å². The van der Waals surface area contributed by atoms with E-state index < -0.39 is 65.2 Å². The van der Waals surface area contributed by atoms with Gasteiger partial charge in [-0.1, -0.05) is 24.3 Å². The Morgan fingerprint density at radius 3 is 2.18 bits per heavy atom. The minimum atomic E-state index is -1.20. The largest absolute Gasteiger partial charge is 0.508 e. The number of aliphatic imine (C=N–C) groups is 1. The quantitative estimate of drug-likeness (QED) is 0.0297. The Kier molecular flexibility index (Phi) is 13.8. The molecule has 2 aromatic carbocycles. The fraction of sp³-hybridized carbons (Fsp3) is 0.419. The summed E-state index contributed by atoms with van der Waals surface area (Å²) in [5, 5.41) is 28.2. The summed E-state index contributed by atoms with van der Waals surface area (Å²) < 4.78 is 0. The molecule has 1 aliphatic rings. The first-order valence-electron chi connectivity index (χ1n) is 15.5. The number of amides is 5. The molecule has 1 fully saturated rings. The Balaban J connectivity index is 1.69. The Morgan fingerprint density at radius 2 is 1.57 bits per heavy atom. The number of guanidine groups is 1. The lowest BCUT2D eigenvalue weighted by atomic mass is 10.0. The van der Waals surface area contributed by atoms with E-state index in [1.54, 1.807) is 12.1 Å². The van der Waals surface area contributed by atoms with Gasteiger partial charge in [0.05, 0.1) is 17.5 Å². The molecule has 0 saturated carbocycles. The van der Waals surface area contributed by atoms with Crippen molar-refractivity contribution in [2.45, 2.75) is 62.7 Å². The fourth-order valence-corrected chi connectivity index (χ4v) is 5.28. The molecule has 1 saturated heterocycles. The maximum absolute atomic E-state index is 13.6. The molecule has 18 nitrogen and oxygen atoms in total. The summed E-state index contributed by atoms with van der Waals surface area (Å²) in [6, 6.07) is 7.33. The molecule has 1 aliphatic heterocycles. The van der Waals surface area contributed by atoms with Gasteiger partial charge in [-0.25, -0.2) is 0 Å². The molecular formula is C31H42N10O8. The lowest BCUT2D eigenvalue weighted by molar-refractivity contribution is -0.384. The van der Waals surface area contributed by atoms with E-state index in [-0.39, 0.29) is 49.7 Å². The number of nitrogens with one attached hydrogen (secondary N) is 3. The van der Waals surface area contributed by atoms with Crippen molar-refractivity contribution in [1.29, 1.82) is 0 Å². The van der Waals surface area contributed by atoms with Gasteiger partial charge in [-0.3, -0.25) is 39.1 Å². The third-order valence-corrected chi connectivity index (χ3v) is 7.81. The van der Waals surface area contributed by atoms with Gasteiger partial charge in [-0.15, -0.1) is 0 Å². The van der Waals surface area contributed by atoms with Crippen LogP contribution >= 0.6 is 0 Å². The van der Waals surface area contributed by atoms with Crippen LogP contribution < -0.4 is 38.9 Å². The number of phenols is 1. The summed E-state index contributed by atoms with van der Waals surface area (Å²) in [6.45, 7) is -0.175. The number of hydrogen-bond donors (Lipinski definition) is 8. The van der Waals surface area contributed by atoms with Gasteiger partial charge in [0, 0.05) is 31.6 Å². The zero-order valence-corrected chi connectivity index (χ0v) is 26.7. The van der Waals surface area contributed by atoms with Crippen LogP contribution in [0.4, 0.5) is 5.69 Å². The van der Waals surface area contributed by atoms with E-state index in [1.165, 1.54) is 41.3 Å². The number of nitro groups is 1. The molecule has 2 aromatic rings. The van der Waals surface area contributed by atoms with Crippen molar-refractivity contribution >= 4 is 41.2 Å². The average molecular weight is 683 g/mol. The highest BCUT2D eigenvalue weighted by Gasteiger charge is 2.37. The molecule has 0 aliphatic carbocycles. The molecule has 49 heavy (non-hydrogen) atoms. The van der Waals surface area contributed by atoms with Crippen molar-refractivity contribution < 1.29 is 34.0 Å². The number of nitrogens with two attached hydrogens (primary N) is 4. The number of nitro benzene ring substituents is 1. The number of likely N-dealkylation sites (tertiary alicyclic amines) is 1. The van der Waals surface area contributed by atoms with E-state index in [2.05, 4.69) is 20.9 Å². The first-order valence-corrected chi connectivity index (χ1v) is 15.5. The number of rotatable bonds is 17. The summed E-state index contributed by atoms with van der Waals surface area (Å²) in [5.74, 6) is -3.46. The Morgan fingerprint density at radius 1 is 0.939 bits per heavy atom. The van der Waals surface area contributed by atoms with Crippen molar-refractivity contribution in [3.05, 3.63) is 69.8 Å². The molecular weight excluding hydrogens is 640 g/mol. The number of benzene rings is 2. The second-order valence-corrected chi connectivity index (χ2v) is 11.5. The van der Waals surface area contributed by atoms with Crippen LogP contribution in [0.25, 0.3) is 0 Å². The van der Waals surface area contributed by atoms with Crippen molar-refractivity contribution in [2.75, 3.05) is 19.6 Å². The standard InChI is InChI=1S/C31H42N10O8/c32-22(15-18-7-11-21(42)12-8-18)28(45)39-23(3-1-13-36-31(34)35)29(46)37-17-26(43)38-24(16-19-5-9-20(10-6-19)41(48)49)30(47)40-14-2-4-25(40)27(33)44/h5-12,22-25,42H,1-4,13-17,32H2,(H2,33,44)(H,37,46)(H,38,43)(H,39,45)(H4,34,35,36). The summed E-state index contributed by atoms with van der Waals surface area (Å²) in [5.41, 5.74) is 23.3. The van der Waals surface area contributed by atoms with Gasteiger partial charge in [-0.2, -0.15) is 0 Å². The fourth-order valence-electron chi connectivity index (χ4n) is 5.28. The SMILES string of the molecule is NC(=O)C1CCCN1C(=O)C(Cc1ccc([N+](=O)[O-])cc1)NC(=O)CNC(=O)C(CCCN=C(N)N)NC(=O)C(N)Cc1ccc(O)cc1. The first kappa shape index (κ1) is 37.7. The number of carbonyl (C=O) groups excluding carboxylic acids is 5. The van der Waals surface area contributed by atoms with Crippen LogP contribution in [0.2, 0.25) is 0 Å². The molecule has 264 valence electrons. The second kappa shape index (κ2) is 17.9. The van der Waals surface area contributed by atoms with E-state index in [9.17, 15) is 39.2 Å². The van der Waals surface area contributed by atoms with Gasteiger partial charge in [0.25, 0.3) is 5.69 Å². The smallest absolute Gasteiger partial charge is 0.269 e. The molecule has 3 rings (SSSR count). The zero-order chi connectivity index (χ0) is 36.1. The van der Waals surface area contributed by atoms with Gasteiger partial charge in [0.2, 0.25) is 29.5 Å². The molecule has 4 atom stereocenters. The highest BCUT2D eigenvalue weighted by molar-refractivity contribution is 5.94. The number of phenolic OH excluding ortho intramolecular Hbond substituents is 1. The lowest BCUT2D eigenvalue weighted by Crippen LogP contribution is -2.56. The van der Waals surface area contributed by atoms with Crippen LogP contribution in [-0.2, 0) is 36.8 Å². The van der Waals surface area contributed by atoms with Gasteiger partial charge < -0.3 is 48.9 Å². The number of nitrogens with zero attached hydrogens (tertiary/aromatic N) is 3. The van der Waals surface area contributed by atoms with Crippen molar-refractivity contribution in [3.8, 4) is 5.75 Å². The van der Waals surface area contributed by atoms with Crippen LogP contribution in [-0.4, -0.2) is 94.2 Å². The number of non-ortho nitro benzene ring substituents is 1. The Bertz CT molecular complexity index is 1530. The van der Waals surface area contributed by atoms with Gasteiger partial charge in [-0.05, 0) is 55.4 Å². The third kappa shape index (κ3) is 11.8. The highest BCUT2D eigenvalue weighted by atomic mass is 16.6. The molecule has 12 N–H and O–H groups in total. The molecule has 4 unspecified atom stereocenters. The molecule has 18 heteroatoms. The molecule has 0 aromatic heterocycles. The van der Waals surface area contributed by atoms with Crippen molar-refractivity contribution in [1.82, 2.24) is 20.9 Å². The van der Waals surface area contributed by atoms with Gasteiger partial charge >= 0.3 is 0 Å². The summed E-state index contributed by atoms with van der Waals surface area (Å²) in [4.78, 5) is 80.4. The number of hydrogen-bond acceptors (Lipinski definition) is 10. The summed E-state index contributed by atoms with van der Waals surface area (Å²) in [7, 11) is 0. The number of aromatic hydroxyl groups is 1. The van der Waals surface area contributed by atoms with E-state index in [1.807, 2.05) is 0 Å². The summed E-state index contributed by atoms with van der Waals surface area (Å²) >= 11 is 0. The predicted octanol–water partition coefficient (Wildman–Crippen LogP) is -1.97. The molecule has 5 amide bonds. The maximum Gasteiger partial charge on any atom is 0.269 e. The van der Waals surface area contributed by atoms with Gasteiger partial charge in [0.1, 0.15) is 23.9 Å². The predicted molar refractivity (Wildman–Crippen MR) is 177 cm³/mol. The monoisotopic (exact) mass is 682 g/mol. The minimum absolute atomic E-state index is 0.0521. The van der Waals surface area contributed by atoms with Crippen molar-refractivity contribution in [2.24, 2.45) is 27.9 Å². The topological polar surface area (TPSA) is 304 Å². The lowest BCUT2D eigenvalue weighted by Gasteiger charge is -2.28. The highest BCUT2D eigenvalue weighted by Crippen LogP contribution is 2.20. The molecule has 0 radical (unpaired) electrons. The Hall–Kier alpha value is -5.78. The van der Waals surface area contributed by atoms with Crippen LogP contribution in [0.15, 0.2) is 53.5 Å². The van der Waals surface area contributed by atoms with E-state index in [4.69, 9.17) is 22.9 Å². The van der Waals surface area contributed by atoms with Crippen LogP contribution in [0.3, 0.4) is 0 Å². The molecule has 1 heterocycles. The molecule has 0 spiro atoms. The van der Waals surface area contributed by atoms with E-state index >= 15 is 0 Å². The molecule has 0 bridgehead atoms. The van der Waals surface area contributed by atoms with E-state index in [0.717, 1.165) is 0 Å². The average Bonchev–Trinajstić information content (AvgIpc) is 3.56. The van der Waals surface area contributed by atoms with Crippen molar-refractivity contribution in [3.63, 3.8) is 0 Å². The minimum Gasteiger partial charge on any atom is -0.508 e. The van der Waals surface area contributed by atoms with Crippen LogP contribution in [0, 0.1) is 10.1 Å². The normalized spacial score (nSPS) is 15.7.